The van der Waals surface area contributed by atoms with E-state index in [1.54, 1.807) is 6.26 Å². The van der Waals surface area contributed by atoms with E-state index in [1.165, 1.54) is 24.8 Å². The van der Waals surface area contributed by atoms with Gasteiger partial charge in [-0.3, -0.25) is 5.84 Å². The molecule has 112 valence electrons. The standard InChI is InChI=1S/C17H21BrN2O/c18-14-9-12-21-15(14)16(20-19)17(10-5-2-6-11-17)13-7-3-1-4-8-13/h1,3-4,7-9,12,16,20H,2,5-6,10-11,19H2. The minimum absolute atomic E-state index is 0.00532. The Morgan fingerprint density at radius 1 is 1.10 bits per heavy atom. The third kappa shape index (κ3) is 2.68. The Hall–Kier alpha value is -1.10. The summed E-state index contributed by atoms with van der Waals surface area (Å²) in [6.07, 6.45) is 7.71. The molecule has 1 aliphatic rings. The van der Waals surface area contributed by atoms with E-state index in [-0.39, 0.29) is 11.5 Å². The summed E-state index contributed by atoms with van der Waals surface area (Å²) in [5, 5.41) is 0. The van der Waals surface area contributed by atoms with Crippen molar-refractivity contribution in [1.82, 2.24) is 5.43 Å². The fraction of sp³-hybridized carbons (Fsp3) is 0.412. The average Bonchev–Trinajstić information content (AvgIpc) is 2.96. The maximum atomic E-state index is 5.96. The topological polar surface area (TPSA) is 51.2 Å². The molecule has 0 radical (unpaired) electrons. The van der Waals surface area contributed by atoms with Crippen LogP contribution in [0.2, 0.25) is 0 Å². The molecule has 1 fully saturated rings. The van der Waals surface area contributed by atoms with Crippen molar-refractivity contribution in [1.29, 1.82) is 0 Å². The molecule has 2 aromatic rings. The van der Waals surface area contributed by atoms with Crippen LogP contribution < -0.4 is 11.3 Å². The zero-order valence-corrected chi connectivity index (χ0v) is 13.6. The van der Waals surface area contributed by atoms with Gasteiger partial charge in [-0.1, -0.05) is 49.6 Å². The van der Waals surface area contributed by atoms with Gasteiger partial charge >= 0.3 is 0 Å². The van der Waals surface area contributed by atoms with Crippen molar-refractivity contribution in [2.24, 2.45) is 5.84 Å². The summed E-state index contributed by atoms with van der Waals surface area (Å²) in [7, 11) is 0. The second-order valence-electron chi connectivity index (χ2n) is 5.82. The number of hydrogen-bond donors (Lipinski definition) is 2. The lowest BCUT2D eigenvalue weighted by atomic mass is 9.64. The van der Waals surface area contributed by atoms with Crippen LogP contribution in [-0.2, 0) is 5.41 Å². The number of benzene rings is 1. The van der Waals surface area contributed by atoms with Gasteiger partial charge in [0.05, 0.1) is 16.8 Å². The minimum Gasteiger partial charge on any atom is -0.466 e. The van der Waals surface area contributed by atoms with Gasteiger partial charge in [-0.15, -0.1) is 0 Å². The summed E-state index contributed by atoms with van der Waals surface area (Å²) in [4.78, 5) is 0. The minimum atomic E-state index is -0.0235. The first-order chi connectivity index (χ1) is 10.3. The highest BCUT2D eigenvalue weighted by Crippen LogP contribution is 2.49. The lowest BCUT2D eigenvalue weighted by Crippen LogP contribution is -2.45. The molecule has 0 saturated heterocycles. The Kier molecular flexibility index (Phi) is 4.48. The first kappa shape index (κ1) is 14.8. The molecule has 0 amide bonds. The molecule has 0 aliphatic heterocycles. The van der Waals surface area contributed by atoms with Crippen molar-refractivity contribution >= 4 is 15.9 Å². The zero-order chi connectivity index (χ0) is 14.7. The molecule has 3 rings (SSSR count). The summed E-state index contributed by atoms with van der Waals surface area (Å²) in [5.41, 5.74) is 4.37. The molecule has 0 bridgehead atoms. The largest absolute Gasteiger partial charge is 0.466 e. The average molecular weight is 349 g/mol. The number of furan rings is 1. The molecule has 21 heavy (non-hydrogen) atoms. The van der Waals surface area contributed by atoms with E-state index in [4.69, 9.17) is 10.3 Å². The van der Waals surface area contributed by atoms with Crippen LogP contribution in [0.4, 0.5) is 0 Å². The van der Waals surface area contributed by atoms with Crippen LogP contribution in [0.25, 0.3) is 0 Å². The predicted molar refractivity (Wildman–Crippen MR) is 87.7 cm³/mol. The number of nitrogens with one attached hydrogen (secondary N) is 1. The van der Waals surface area contributed by atoms with Crippen LogP contribution in [0, 0.1) is 0 Å². The van der Waals surface area contributed by atoms with Gasteiger partial charge in [0.25, 0.3) is 0 Å². The second-order valence-corrected chi connectivity index (χ2v) is 6.67. The summed E-state index contributed by atoms with van der Waals surface area (Å²) in [6, 6.07) is 12.6. The van der Waals surface area contributed by atoms with Gasteiger partial charge in [-0.25, -0.2) is 5.43 Å². The first-order valence-electron chi connectivity index (χ1n) is 7.52. The maximum Gasteiger partial charge on any atom is 0.137 e. The number of rotatable bonds is 4. The van der Waals surface area contributed by atoms with Crippen LogP contribution in [0.5, 0.6) is 0 Å². The van der Waals surface area contributed by atoms with Crippen LogP contribution >= 0.6 is 15.9 Å². The van der Waals surface area contributed by atoms with Crippen molar-refractivity contribution in [3.63, 3.8) is 0 Å². The highest BCUT2D eigenvalue weighted by Gasteiger charge is 2.43. The number of hydrogen-bond acceptors (Lipinski definition) is 3. The van der Waals surface area contributed by atoms with E-state index < -0.39 is 0 Å². The highest BCUT2D eigenvalue weighted by molar-refractivity contribution is 9.10. The third-order valence-electron chi connectivity index (χ3n) is 4.72. The lowest BCUT2D eigenvalue weighted by Gasteiger charge is -2.43. The quantitative estimate of drug-likeness (QED) is 0.633. The Morgan fingerprint density at radius 2 is 1.81 bits per heavy atom. The van der Waals surface area contributed by atoms with Crippen LogP contribution in [0.1, 0.15) is 49.5 Å². The fourth-order valence-electron chi connectivity index (χ4n) is 3.69. The van der Waals surface area contributed by atoms with Gasteiger partial charge in [0, 0.05) is 5.41 Å². The number of hydrazine groups is 1. The molecule has 1 atom stereocenters. The summed E-state index contributed by atoms with van der Waals surface area (Å²) >= 11 is 3.58. The molecule has 1 saturated carbocycles. The van der Waals surface area contributed by atoms with E-state index >= 15 is 0 Å². The van der Waals surface area contributed by atoms with E-state index in [0.717, 1.165) is 23.1 Å². The molecule has 3 N–H and O–H groups in total. The van der Waals surface area contributed by atoms with Crippen molar-refractivity contribution in [3.05, 3.63) is 58.5 Å². The molecular weight excluding hydrogens is 328 g/mol. The van der Waals surface area contributed by atoms with E-state index in [2.05, 4.69) is 51.7 Å². The van der Waals surface area contributed by atoms with Crippen LogP contribution in [-0.4, -0.2) is 0 Å². The van der Waals surface area contributed by atoms with Crippen LogP contribution in [0.3, 0.4) is 0 Å². The summed E-state index contributed by atoms with van der Waals surface area (Å²) in [5.74, 6) is 6.85. The van der Waals surface area contributed by atoms with E-state index in [1.807, 2.05) is 6.07 Å². The first-order valence-corrected chi connectivity index (χ1v) is 8.32. The van der Waals surface area contributed by atoms with Gasteiger partial charge in [-0.2, -0.15) is 0 Å². The molecule has 1 unspecified atom stereocenters. The lowest BCUT2D eigenvalue weighted by molar-refractivity contribution is 0.193. The van der Waals surface area contributed by atoms with Gasteiger partial charge in [0.2, 0.25) is 0 Å². The smallest absolute Gasteiger partial charge is 0.137 e. The SMILES string of the molecule is NNC(c1occc1Br)C1(c2ccccc2)CCCCC1. The normalized spacial score (nSPS) is 19.3. The molecule has 0 spiro atoms. The monoisotopic (exact) mass is 348 g/mol. The van der Waals surface area contributed by atoms with E-state index in [0.29, 0.717) is 0 Å². The Morgan fingerprint density at radius 3 is 2.38 bits per heavy atom. The van der Waals surface area contributed by atoms with Crippen molar-refractivity contribution in [3.8, 4) is 0 Å². The summed E-state index contributed by atoms with van der Waals surface area (Å²) in [6.45, 7) is 0. The van der Waals surface area contributed by atoms with Crippen molar-refractivity contribution in [2.45, 2.75) is 43.6 Å². The Bertz CT molecular complexity index is 575. The van der Waals surface area contributed by atoms with Crippen LogP contribution in [0.15, 0.2) is 51.6 Å². The van der Waals surface area contributed by atoms with E-state index in [9.17, 15) is 0 Å². The molecule has 1 aromatic heterocycles. The number of nitrogens with two attached hydrogens (primary N) is 1. The predicted octanol–water partition coefficient (Wildman–Crippen LogP) is 4.45. The molecule has 1 aromatic carbocycles. The van der Waals surface area contributed by atoms with Crippen molar-refractivity contribution < 1.29 is 4.42 Å². The van der Waals surface area contributed by atoms with Gasteiger partial charge in [0.15, 0.2) is 0 Å². The zero-order valence-electron chi connectivity index (χ0n) is 12.0. The Labute approximate surface area is 134 Å². The number of halogens is 1. The van der Waals surface area contributed by atoms with Crippen molar-refractivity contribution in [2.75, 3.05) is 0 Å². The van der Waals surface area contributed by atoms with Gasteiger partial charge < -0.3 is 4.42 Å². The molecule has 1 heterocycles. The Balaban J connectivity index is 2.08. The highest BCUT2D eigenvalue weighted by atomic mass is 79.9. The molecule has 1 aliphatic carbocycles. The van der Waals surface area contributed by atoms with Gasteiger partial charge in [-0.05, 0) is 40.4 Å². The summed E-state index contributed by atoms with van der Waals surface area (Å²) < 4.78 is 6.71. The molecular formula is C17H21BrN2O. The fourth-order valence-corrected chi connectivity index (χ4v) is 4.12. The van der Waals surface area contributed by atoms with Gasteiger partial charge in [0.1, 0.15) is 5.76 Å². The second kappa shape index (κ2) is 6.34. The molecule has 4 heteroatoms. The maximum absolute atomic E-state index is 5.96. The molecule has 3 nitrogen and oxygen atoms in total. The third-order valence-corrected chi connectivity index (χ3v) is 5.38.